The predicted octanol–water partition coefficient (Wildman–Crippen LogP) is 4.03. The van der Waals surface area contributed by atoms with Crippen LogP contribution in [0.3, 0.4) is 0 Å². The minimum absolute atomic E-state index is 0.0208. The van der Waals surface area contributed by atoms with E-state index in [0.29, 0.717) is 6.20 Å². The third kappa shape index (κ3) is 3.85. The standard InChI is InChI=1S/C26H26ClF3N4O4/c1-33-21(12-3-5-14(37-2)6-4-12)20-15-10-16(22(20)38-33)19-18(15)24(35)34(25(19)36)8-7-31-23-17(27)9-13(11-32-23)26(28,29)30/h3-6,9,11,15-16,18-22H,7-8,10H2,1-2H3,(H,31,32)/t15-,16+,18+,19-,20-,21+,22-/m0/s1. The zero-order valence-corrected chi connectivity index (χ0v) is 21.4. The van der Waals surface area contributed by atoms with Gasteiger partial charge in [0.25, 0.3) is 0 Å². The van der Waals surface area contributed by atoms with Gasteiger partial charge >= 0.3 is 6.18 Å². The summed E-state index contributed by atoms with van der Waals surface area (Å²) in [6.45, 7) is 0.187. The molecule has 0 spiro atoms. The lowest BCUT2D eigenvalue weighted by molar-refractivity contribution is -0.164. The topological polar surface area (TPSA) is 84.0 Å². The van der Waals surface area contributed by atoms with Crippen LogP contribution in [0, 0.1) is 29.6 Å². The number of ether oxygens (including phenoxy) is 1. The van der Waals surface area contributed by atoms with E-state index < -0.39 is 23.6 Å². The molecule has 2 aliphatic heterocycles. The Morgan fingerprint density at radius 1 is 1.16 bits per heavy atom. The number of nitrogens with zero attached hydrogens (tertiary/aromatic N) is 3. The highest BCUT2D eigenvalue weighted by atomic mass is 35.5. The van der Waals surface area contributed by atoms with Crippen LogP contribution in [0.1, 0.15) is 23.6 Å². The van der Waals surface area contributed by atoms with Gasteiger partial charge in [-0.3, -0.25) is 19.3 Å². The molecule has 4 aliphatic rings. The summed E-state index contributed by atoms with van der Waals surface area (Å²) < 4.78 is 43.9. The molecule has 1 aromatic carbocycles. The number of alkyl halides is 3. The molecule has 0 unspecified atom stereocenters. The summed E-state index contributed by atoms with van der Waals surface area (Å²) in [4.78, 5) is 38.1. The zero-order chi connectivity index (χ0) is 26.9. The number of hydrogen-bond donors (Lipinski definition) is 1. The Hall–Kier alpha value is -2.89. The van der Waals surface area contributed by atoms with E-state index in [0.717, 1.165) is 23.8 Å². The molecular formula is C26H26ClF3N4O4. The molecule has 2 bridgehead atoms. The first-order valence-corrected chi connectivity index (χ1v) is 12.8. The van der Waals surface area contributed by atoms with Crippen molar-refractivity contribution in [3.8, 4) is 5.75 Å². The molecule has 8 nitrogen and oxygen atoms in total. The van der Waals surface area contributed by atoms with Crippen LogP contribution in [0.25, 0.3) is 0 Å². The molecule has 4 fully saturated rings. The van der Waals surface area contributed by atoms with Gasteiger partial charge in [-0.25, -0.2) is 4.98 Å². The van der Waals surface area contributed by atoms with Gasteiger partial charge in [0.15, 0.2) is 0 Å². The molecule has 3 heterocycles. The molecule has 2 aromatic rings. The van der Waals surface area contributed by atoms with E-state index in [1.54, 1.807) is 7.11 Å². The van der Waals surface area contributed by atoms with Crippen molar-refractivity contribution < 1.29 is 32.3 Å². The van der Waals surface area contributed by atoms with Gasteiger partial charge in [0, 0.05) is 38.2 Å². The molecule has 12 heteroatoms. The maximum absolute atomic E-state index is 13.5. The summed E-state index contributed by atoms with van der Waals surface area (Å²) in [7, 11) is 3.51. The van der Waals surface area contributed by atoms with Crippen LogP contribution in [0.5, 0.6) is 5.75 Å². The number of amides is 2. The maximum Gasteiger partial charge on any atom is 0.417 e. The number of methoxy groups -OCH3 is 1. The first-order chi connectivity index (χ1) is 18.1. The van der Waals surface area contributed by atoms with Gasteiger partial charge in [0.05, 0.1) is 41.7 Å². The Morgan fingerprint density at radius 2 is 1.84 bits per heavy atom. The fourth-order valence-electron chi connectivity index (χ4n) is 7.07. The van der Waals surface area contributed by atoms with Gasteiger partial charge in [0.1, 0.15) is 11.6 Å². The molecule has 38 heavy (non-hydrogen) atoms. The normalized spacial score (nSPS) is 32.2. The van der Waals surface area contributed by atoms with Crippen LogP contribution in [-0.4, -0.2) is 60.1 Å². The highest BCUT2D eigenvalue weighted by molar-refractivity contribution is 6.33. The number of hydroxylamine groups is 2. The Labute approximate surface area is 222 Å². The number of rotatable bonds is 6. The van der Waals surface area contributed by atoms with Crippen LogP contribution >= 0.6 is 11.6 Å². The van der Waals surface area contributed by atoms with Crippen molar-refractivity contribution in [2.75, 3.05) is 32.6 Å². The number of aromatic nitrogens is 1. The van der Waals surface area contributed by atoms with Gasteiger partial charge in [-0.15, -0.1) is 0 Å². The Balaban J connectivity index is 1.15. The minimum atomic E-state index is -4.55. The first kappa shape index (κ1) is 25.4. The number of benzene rings is 1. The number of imide groups is 1. The highest BCUT2D eigenvalue weighted by Gasteiger charge is 2.71. The van der Waals surface area contributed by atoms with Crippen molar-refractivity contribution in [3.63, 3.8) is 0 Å². The molecule has 6 rings (SSSR count). The van der Waals surface area contributed by atoms with Gasteiger partial charge in [0.2, 0.25) is 11.8 Å². The number of fused-ring (bicyclic) bond motifs is 8. The van der Waals surface area contributed by atoms with E-state index in [1.807, 2.05) is 36.4 Å². The molecule has 0 radical (unpaired) electrons. The number of likely N-dealkylation sites (tertiary alicyclic amines) is 1. The summed E-state index contributed by atoms with van der Waals surface area (Å²) >= 11 is 5.96. The second kappa shape index (κ2) is 9.10. The number of pyridine rings is 1. The van der Waals surface area contributed by atoms with E-state index in [9.17, 15) is 22.8 Å². The van der Waals surface area contributed by atoms with Crippen LogP contribution in [0.15, 0.2) is 36.5 Å². The number of carbonyl (C=O) groups is 2. The molecule has 1 N–H and O–H groups in total. The minimum Gasteiger partial charge on any atom is -0.497 e. The van der Waals surface area contributed by atoms with E-state index >= 15 is 0 Å². The third-order valence-corrected chi connectivity index (χ3v) is 8.84. The molecular weight excluding hydrogens is 525 g/mol. The fraction of sp³-hybridized carbons (Fsp3) is 0.500. The van der Waals surface area contributed by atoms with Gasteiger partial charge in [-0.2, -0.15) is 18.2 Å². The van der Waals surface area contributed by atoms with E-state index in [1.165, 1.54) is 4.90 Å². The van der Waals surface area contributed by atoms with Crippen LogP contribution in [0.2, 0.25) is 5.02 Å². The average Bonchev–Trinajstić information content (AvgIpc) is 3.59. The summed E-state index contributed by atoms with van der Waals surface area (Å²) in [5, 5.41) is 4.52. The smallest absolute Gasteiger partial charge is 0.417 e. The third-order valence-electron chi connectivity index (χ3n) is 8.55. The fourth-order valence-corrected chi connectivity index (χ4v) is 7.30. The number of nitrogens with one attached hydrogen (secondary N) is 1. The average molecular weight is 551 g/mol. The lowest BCUT2D eigenvalue weighted by Crippen LogP contribution is -2.39. The summed E-state index contributed by atoms with van der Waals surface area (Å²) in [6.07, 6.45) is -3.22. The second-order valence-electron chi connectivity index (χ2n) is 10.3. The Bertz CT molecular complexity index is 1280. The Kier molecular flexibility index (Phi) is 6.08. The molecule has 2 aliphatic carbocycles. The Morgan fingerprint density at radius 3 is 2.47 bits per heavy atom. The number of hydrogen-bond acceptors (Lipinski definition) is 7. The lowest BCUT2D eigenvalue weighted by Gasteiger charge is -2.32. The van der Waals surface area contributed by atoms with Crippen molar-refractivity contribution in [1.82, 2.24) is 14.9 Å². The van der Waals surface area contributed by atoms with Crippen molar-refractivity contribution in [1.29, 1.82) is 0 Å². The van der Waals surface area contributed by atoms with Crippen molar-refractivity contribution in [2.24, 2.45) is 29.6 Å². The molecule has 202 valence electrons. The number of anilines is 1. The largest absolute Gasteiger partial charge is 0.497 e. The molecule has 7 atom stereocenters. The zero-order valence-electron chi connectivity index (χ0n) is 20.6. The molecule has 1 aromatic heterocycles. The number of halogens is 4. The van der Waals surface area contributed by atoms with Crippen molar-refractivity contribution in [3.05, 3.63) is 52.7 Å². The summed E-state index contributed by atoms with van der Waals surface area (Å²) in [5.41, 5.74) is 0.122. The van der Waals surface area contributed by atoms with Gasteiger partial charge < -0.3 is 10.1 Å². The first-order valence-electron chi connectivity index (χ1n) is 12.5. The second-order valence-corrected chi connectivity index (χ2v) is 10.7. The quantitative estimate of drug-likeness (QED) is 0.544. The lowest BCUT2D eigenvalue weighted by atomic mass is 9.70. The van der Waals surface area contributed by atoms with Gasteiger partial charge in [-0.1, -0.05) is 23.7 Å². The summed E-state index contributed by atoms with van der Waals surface area (Å²) in [5.74, 6) is -0.318. The van der Waals surface area contributed by atoms with Gasteiger partial charge in [-0.05, 0) is 36.1 Å². The number of carbonyl (C=O) groups excluding carboxylic acids is 2. The SMILES string of the molecule is COc1ccc([C@@H]2[C@@H]3[C@H]4C[C@@H]([C@@H]3ON2C)[C@@H]2C(=O)N(CCNc3ncc(C(F)(F)F)cc3Cl)C(=O)[C@H]42)cc1. The monoisotopic (exact) mass is 550 g/mol. The van der Waals surface area contributed by atoms with Crippen molar-refractivity contribution in [2.45, 2.75) is 24.7 Å². The maximum atomic E-state index is 13.5. The van der Waals surface area contributed by atoms with Crippen molar-refractivity contribution >= 4 is 29.2 Å². The highest BCUT2D eigenvalue weighted by Crippen LogP contribution is 2.65. The molecule has 2 saturated heterocycles. The van der Waals surface area contributed by atoms with Crippen LogP contribution in [-0.2, 0) is 20.6 Å². The molecule has 2 amide bonds. The molecule has 2 saturated carbocycles. The summed E-state index contributed by atoms with van der Waals surface area (Å²) in [6, 6.07) is 8.59. The van der Waals surface area contributed by atoms with E-state index in [4.69, 9.17) is 21.2 Å². The van der Waals surface area contributed by atoms with Crippen LogP contribution in [0.4, 0.5) is 19.0 Å². The van der Waals surface area contributed by atoms with Crippen LogP contribution < -0.4 is 10.1 Å². The van der Waals surface area contributed by atoms with E-state index in [2.05, 4.69) is 10.3 Å². The predicted molar refractivity (Wildman–Crippen MR) is 130 cm³/mol. The van der Waals surface area contributed by atoms with E-state index in [-0.39, 0.29) is 65.6 Å².